The highest BCUT2D eigenvalue weighted by Crippen LogP contribution is 2.19. The summed E-state index contributed by atoms with van der Waals surface area (Å²) in [5, 5.41) is 2.70. The van der Waals surface area contributed by atoms with E-state index in [0.29, 0.717) is 5.69 Å². The molecule has 2 rings (SSSR count). The van der Waals surface area contributed by atoms with Crippen molar-refractivity contribution >= 4 is 23.4 Å². The SMILES string of the molecule is CSc1cccc(NC(=O)c2ccc[nH]c2=O)c1. The lowest BCUT2D eigenvalue weighted by Crippen LogP contribution is -2.22. The summed E-state index contributed by atoms with van der Waals surface area (Å²) >= 11 is 1.59. The van der Waals surface area contributed by atoms with Gasteiger partial charge in [0.05, 0.1) is 0 Å². The van der Waals surface area contributed by atoms with Gasteiger partial charge in [-0.25, -0.2) is 0 Å². The van der Waals surface area contributed by atoms with Gasteiger partial charge >= 0.3 is 0 Å². The van der Waals surface area contributed by atoms with Gasteiger partial charge in [-0.05, 0) is 36.6 Å². The van der Waals surface area contributed by atoms with Crippen molar-refractivity contribution in [2.75, 3.05) is 11.6 Å². The summed E-state index contributed by atoms with van der Waals surface area (Å²) in [7, 11) is 0. The molecule has 18 heavy (non-hydrogen) atoms. The van der Waals surface area contributed by atoms with E-state index in [9.17, 15) is 9.59 Å². The Morgan fingerprint density at radius 2 is 2.11 bits per heavy atom. The van der Waals surface area contributed by atoms with Crippen LogP contribution in [0.3, 0.4) is 0 Å². The first-order valence-electron chi connectivity index (χ1n) is 5.34. The lowest BCUT2D eigenvalue weighted by atomic mass is 10.2. The number of thioether (sulfide) groups is 1. The lowest BCUT2D eigenvalue weighted by Gasteiger charge is -2.05. The molecule has 0 radical (unpaired) electrons. The second kappa shape index (κ2) is 5.55. The van der Waals surface area contributed by atoms with E-state index in [1.165, 1.54) is 12.3 Å². The van der Waals surface area contributed by atoms with Crippen molar-refractivity contribution in [2.24, 2.45) is 0 Å². The Morgan fingerprint density at radius 3 is 2.83 bits per heavy atom. The minimum absolute atomic E-state index is 0.104. The van der Waals surface area contributed by atoms with Crippen LogP contribution in [0.4, 0.5) is 5.69 Å². The van der Waals surface area contributed by atoms with Crippen LogP contribution < -0.4 is 10.9 Å². The Hall–Kier alpha value is -2.01. The first kappa shape index (κ1) is 12.4. The molecule has 4 nitrogen and oxygen atoms in total. The maximum absolute atomic E-state index is 11.9. The van der Waals surface area contributed by atoms with Crippen molar-refractivity contribution in [3.8, 4) is 0 Å². The second-order valence-electron chi connectivity index (χ2n) is 3.60. The van der Waals surface area contributed by atoms with Crippen LogP contribution in [-0.4, -0.2) is 17.1 Å². The molecule has 1 aromatic carbocycles. The molecule has 0 spiro atoms. The topological polar surface area (TPSA) is 62.0 Å². The minimum atomic E-state index is -0.407. The molecule has 0 saturated carbocycles. The average Bonchev–Trinajstić information content (AvgIpc) is 2.39. The Balaban J connectivity index is 2.21. The normalized spacial score (nSPS) is 10.1. The number of hydrogen-bond acceptors (Lipinski definition) is 3. The molecule has 1 aromatic heterocycles. The van der Waals surface area contributed by atoms with E-state index in [1.807, 2.05) is 24.5 Å². The molecule has 1 amide bonds. The van der Waals surface area contributed by atoms with Gasteiger partial charge in [0.2, 0.25) is 0 Å². The number of pyridine rings is 1. The Kier molecular flexibility index (Phi) is 3.84. The molecule has 2 N–H and O–H groups in total. The van der Waals surface area contributed by atoms with E-state index in [4.69, 9.17) is 0 Å². The summed E-state index contributed by atoms with van der Waals surface area (Å²) in [6.07, 6.45) is 3.45. The highest BCUT2D eigenvalue weighted by atomic mass is 32.2. The third-order valence-corrected chi connectivity index (χ3v) is 3.12. The third kappa shape index (κ3) is 2.81. The van der Waals surface area contributed by atoms with E-state index in [1.54, 1.807) is 23.9 Å². The number of aromatic nitrogens is 1. The first-order chi connectivity index (χ1) is 8.70. The van der Waals surface area contributed by atoms with E-state index in [2.05, 4.69) is 10.3 Å². The Bertz CT molecular complexity index is 622. The third-order valence-electron chi connectivity index (χ3n) is 2.39. The summed E-state index contributed by atoms with van der Waals surface area (Å²) in [5.41, 5.74) is 0.387. The molecule has 1 heterocycles. The molecule has 2 aromatic rings. The molecular weight excluding hydrogens is 248 g/mol. The lowest BCUT2D eigenvalue weighted by molar-refractivity contribution is 0.102. The number of nitrogens with one attached hydrogen (secondary N) is 2. The Labute approximate surface area is 108 Å². The summed E-state index contributed by atoms with van der Waals surface area (Å²) < 4.78 is 0. The highest BCUT2D eigenvalue weighted by Gasteiger charge is 2.09. The van der Waals surface area contributed by atoms with Crippen molar-refractivity contribution in [1.82, 2.24) is 4.98 Å². The van der Waals surface area contributed by atoms with Crippen LogP contribution in [0.2, 0.25) is 0 Å². The zero-order valence-corrected chi connectivity index (χ0v) is 10.6. The number of H-pyrrole nitrogens is 1. The molecule has 0 fully saturated rings. The number of aromatic amines is 1. The van der Waals surface area contributed by atoms with E-state index < -0.39 is 11.5 Å². The minimum Gasteiger partial charge on any atom is -0.328 e. The maximum Gasteiger partial charge on any atom is 0.261 e. The van der Waals surface area contributed by atoms with Crippen LogP contribution >= 0.6 is 11.8 Å². The standard InChI is InChI=1S/C13H12N2O2S/c1-18-10-5-2-4-9(8-10)15-13(17)11-6-3-7-14-12(11)16/h2-8H,1H3,(H,14,16)(H,15,17). The summed E-state index contributed by atoms with van der Waals surface area (Å²) in [5.74, 6) is -0.407. The van der Waals surface area contributed by atoms with Crippen molar-refractivity contribution in [3.63, 3.8) is 0 Å². The van der Waals surface area contributed by atoms with Crippen molar-refractivity contribution < 1.29 is 4.79 Å². The largest absolute Gasteiger partial charge is 0.328 e. The van der Waals surface area contributed by atoms with Crippen LogP contribution in [0, 0.1) is 0 Å². The number of rotatable bonds is 3. The predicted octanol–water partition coefficient (Wildman–Crippen LogP) is 2.35. The molecule has 0 atom stereocenters. The summed E-state index contributed by atoms with van der Waals surface area (Å²) in [6, 6.07) is 10.6. The van der Waals surface area contributed by atoms with Crippen LogP contribution in [0.15, 0.2) is 52.3 Å². The highest BCUT2D eigenvalue weighted by molar-refractivity contribution is 7.98. The van der Waals surface area contributed by atoms with E-state index in [-0.39, 0.29) is 5.56 Å². The van der Waals surface area contributed by atoms with Gasteiger partial charge in [-0.1, -0.05) is 6.07 Å². The molecule has 92 valence electrons. The van der Waals surface area contributed by atoms with Crippen molar-refractivity contribution in [3.05, 3.63) is 58.5 Å². The number of carbonyl (C=O) groups is 1. The Morgan fingerprint density at radius 1 is 1.28 bits per heavy atom. The zero-order valence-electron chi connectivity index (χ0n) is 9.77. The number of amides is 1. The maximum atomic E-state index is 11.9. The molecular formula is C13H12N2O2S. The average molecular weight is 260 g/mol. The smallest absolute Gasteiger partial charge is 0.261 e. The second-order valence-corrected chi connectivity index (χ2v) is 4.48. The number of benzene rings is 1. The zero-order chi connectivity index (χ0) is 13.0. The fourth-order valence-corrected chi connectivity index (χ4v) is 1.96. The molecule has 0 aliphatic rings. The van der Waals surface area contributed by atoms with Gasteiger partial charge in [0.1, 0.15) is 5.56 Å². The van der Waals surface area contributed by atoms with Gasteiger partial charge in [0, 0.05) is 16.8 Å². The van der Waals surface area contributed by atoms with Gasteiger partial charge in [-0.15, -0.1) is 11.8 Å². The molecule has 5 heteroatoms. The van der Waals surface area contributed by atoms with Crippen LogP contribution in [0.5, 0.6) is 0 Å². The van der Waals surface area contributed by atoms with Gasteiger partial charge in [-0.2, -0.15) is 0 Å². The van der Waals surface area contributed by atoms with Gasteiger partial charge in [0.25, 0.3) is 11.5 Å². The number of carbonyl (C=O) groups excluding carboxylic acids is 1. The molecule has 0 aliphatic heterocycles. The number of anilines is 1. The van der Waals surface area contributed by atoms with Crippen molar-refractivity contribution in [1.29, 1.82) is 0 Å². The molecule has 0 unspecified atom stereocenters. The van der Waals surface area contributed by atoms with Crippen LogP contribution in [-0.2, 0) is 0 Å². The summed E-state index contributed by atoms with van der Waals surface area (Å²) in [6.45, 7) is 0. The fraction of sp³-hybridized carbons (Fsp3) is 0.0769. The first-order valence-corrected chi connectivity index (χ1v) is 6.56. The predicted molar refractivity (Wildman–Crippen MR) is 73.2 cm³/mol. The van der Waals surface area contributed by atoms with Gasteiger partial charge in [-0.3, -0.25) is 9.59 Å². The van der Waals surface area contributed by atoms with Crippen LogP contribution in [0.25, 0.3) is 0 Å². The fourth-order valence-electron chi connectivity index (χ4n) is 1.50. The van der Waals surface area contributed by atoms with Crippen LogP contribution in [0.1, 0.15) is 10.4 Å². The van der Waals surface area contributed by atoms with Crippen molar-refractivity contribution in [2.45, 2.75) is 4.90 Å². The summed E-state index contributed by atoms with van der Waals surface area (Å²) in [4.78, 5) is 26.9. The number of hydrogen-bond donors (Lipinski definition) is 2. The monoisotopic (exact) mass is 260 g/mol. The molecule has 0 bridgehead atoms. The van der Waals surface area contributed by atoms with E-state index in [0.717, 1.165) is 4.90 Å². The van der Waals surface area contributed by atoms with Gasteiger partial charge < -0.3 is 10.3 Å². The molecule has 0 saturated heterocycles. The quantitative estimate of drug-likeness (QED) is 0.833. The molecule has 0 aliphatic carbocycles. The van der Waals surface area contributed by atoms with E-state index >= 15 is 0 Å². The van der Waals surface area contributed by atoms with Gasteiger partial charge in [0.15, 0.2) is 0 Å².